The second kappa shape index (κ2) is 10.8. The van der Waals surface area contributed by atoms with Crippen LogP contribution in [0.4, 0.5) is 0 Å². The third kappa shape index (κ3) is 6.69. The van der Waals surface area contributed by atoms with E-state index in [0.29, 0.717) is 12.8 Å². The van der Waals surface area contributed by atoms with Crippen molar-refractivity contribution in [3.8, 4) is 0 Å². The molecule has 0 bridgehead atoms. The molecule has 2 N–H and O–H groups in total. The normalized spacial score (nSPS) is 28.5. The van der Waals surface area contributed by atoms with Crippen molar-refractivity contribution in [3.05, 3.63) is 11.6 Å². The first kappa shape index (κ1) is 25.9. The average molecular weight is 433 g/mol. The van der Waals surface area contributed by atoms with Gasteiger partial charge in [-0.3, -0.25) is 9.59 Å². The van der Waals surface area contributed by atoms with Gasteiger partial charge in [0.1, 0.15) is 12.2 Å². The van der Waals surface area contributed by atoms with E-state index in [1.165, 1.54) is 5.57 Å². The SMILES string of the molecule is CO[C@H]1[C@H](C(C)(C)[C@H](C)CC=C(C)C)[C@@](O)(CCl)CC[C@H]1OC(=O)CCC(=O)O. The lowest BCUT2D eigenvalue weighted by molar-refractivity contribution is -0.207. The summed E-state index contributed by atoms with van der Waals surface area (Å²) in [6.07, 6.45) is 2.28. The van der Waals surface area contributed by atoms with E-state index in [9.17, 15) is 14.7 Å². The molecule has 1 fully saturated rings. The predicted molar refractivity (Wildman–Crippen MR) is 113 cm³/mol. The zero-order valence-corrected chi connectivity index (χ0v) is 19.3. The van der Waals surface area contributed by atoms with Crippen LogP contribution in [0.5, 0.6) is 0 Å². The maximum Gasteiger partial charge on any atom is 0.306 e. The van der Waals surface area contributed by atoms with Crippen molar-refractivity contribution in [2.24, 2.45) is 17.3 Å². The van der Waals surface area contributed by atoms with Crippen molar-refractivity contribution in [2.75, 3.05) is 13.0 Å². The van der Waals surface area contributed by atoms with Crippen molar-refractivity contribution in [1.29, 1.82) is 0 Å². The van der Waals surface area contributed by atoms with E-state index in [4.69, 9.17) is 26.2 Å². The summed E-state index contributed by atoms with van der Waals surface area (Å²) in [5.74, 6) is -1.68. The number of aliphatic carboxylic acids is 1. The Morgan fingerprint density at radius 3 is 2.41 bits per heavy atom. The van der Waals surface area contributed by atoms with Crippen LogP contribution in [0.25, 0.3) is 0 Å². The fourth-order valence-electron chi connectivity index (χ4n) is 4.37. The van der Waals surface area contributed by atoms with Gasteiger partial charge in [0.2, 0.25) is 0 Å². The molecule has 0 heterocycles. The quantitative estimate of drug-likeness (QED) is 0.305. The molecule has 0 spiro atoms. The average Bonchev–Trinajstić information content (AvgIpc) is 2.65. The number of carbonyl (C=O) groups excluding carboxylic acids is 1. The Labute approximate surface area is 179 Å². The number of methoxy groups -OCH3 is 1. The van der Waals surface area contributed by atoms with Gasteiger partial charge in [-0.1, -0.05) is 32.4 Å². The highest BCUT2D eigenvalue weighted by Gasteiger charge is 2.56. The lowest BCUT2D eigenvalue weighted by atomic mass is 9.57. The highest BCUT2D eigenvalue weighted by atomic mass is 35.5. The number of allylic oxidation sites excluding steroid dienone is 2. The summed E-state index contributed by atoms with van der Waals surface area (Å²) in [5.41, 5.74) is -0.269. The van der Waals surface area contributed by atoms with Crippen LogP contribution >= 0.6 is 11.6 Å². The summed E-state index contributed by atoms with van der Waals surface area (Å²) >= 11 is 6.22. The van der Waals surface area contributed by atoms with Gasteiger partial charge in [0.15, 0.2) is 0 Å². The first-order valence-electron chi connectivity index (χ1n) is 10.2. The molecule has 0 aromatic heterocycles. The zero-order valence-electron chi connectivity index (χ0n) is 18.5. The number of halogens is 1. The van der Waals surface area contributed by atoms with Crippen molar-refractivity contribution in [2.45, 2.75) is 84.5 Å². The summed E-state index contributed by atoms with van der Waals surface area (Å²) in [6, 6.07) is 0. The lowest BCUT2D eigenvalue weighted by Crippen LogP contribution is -2.62. The fraction of sp³-hybridized carbons (Fsp3) is 0.818. The van der Waals surface area contributed by atoms with Crippen molar-refractivity contribution < 1.29 is 29.3 Å². The molecule has 0 aliphatic heterocycles. The Bertz CT molecular complexity index is 598. The van der Waals surface area contributed by atoms with E-state index >= 15 is 0 Å². The third-order valence-corrected chi connectivity index (χ3v) is 6.88. The number of hydrogen-bond donors (Lipinski definition) is 2. The Hall–Kier alpha value is -1.11. The van der Waals surface area contributed by atoms with E-state index in [0.717, 1.165) is 6.42 Å². The number of ether oxygens (including phenoxy) is 2. The van der Waals surface area contributed by atoms with E-state index in [1.807, 2.05) is 0 Å². The van der Waals surface area contributed by atoms with Gasteiger partial charge in [0.05, 0.1) is 24.3 Å². The maximum absolute atomic E-state index is 12.1. The molecule has 0 unspecified atom stereocenters. The fourth-order valence-corrected chi connectivity index (χ4v) is 4.67. The van der Waals surface area contributed by atoms with Crippen LogP contribution < -0.4 is 0 Å². The maximum atomic E-state index is 12.1. The van der Waals surface area contributed by atoms with Gasteiger partial charge in [-0.15, -0.1) is 11.6 Å². The number of hydrogen-bond acceptors (Lipinski definition) is 5. The minimum Gasteiger partial charge on any atom is -0.481 e. The van der Waals surface area contributed by atoms with E-state index in [-0.39, 0.29) is 36.0 Å². The molecule has 1 rings (SSSR count). The molecule has 1 saturated carbocycles. The van der Waals surface area contributed by atoms with Gasteiger partial charge >= 0.3 is 11.9 Å². The smallest absolute Gasteiger partial charge is 0.306 e. The highest BCUT2D eigenvalue weighted by molar-refractivity contribution is 6.18. The monoisotopic (exact) mass is 432 g/mol. The van der Waals surface area contributed by atoms with Gasteiger partial charge in [-0.05, 0) is 44.4 Å². The number of carboxylic acids is 1. The van der Waals surface area contributed by atoms with Gasteiger partial charge < -0.3 is 19.7 Å². The van der Waals surface area contributed by atoms with Crippen LogP contribution in [0.2, 0.25) is 0 Å². The van der Waals surface area contributed by atoms with Crippen LogP contribution in [0, 0.1) is 17.3 Å². The lowest BCUT2D eigenvalue weighted by Gasteiger charge is -2.54. The summed E-state index contributed by atoms with van der Waals surface area (Å²) in [6.45, 7) is 10.4. The zero-order chi connectivity index (χ0) is 22.4. The molecule has 0 aromatic carbocycles. The molecule has 29 heavy (non-hydrogen) atoms. The van der Waals surface area contributed by atoms with Gasteiger partial charge in [0, 0.05) is 13.0 Å². The molecule has 0 radical (unpaired) electrons. The summed E-state index contributed by atoms with van der Waals surface area (Å²) in [4.78, 5) is 22.9. The molecule has 1 aliphatic rings. The number of aliphatic hydroxyl groups is 1. The second-order valence-corrected chi connectivity index (χ2v) is 9.38. The summed E-state index contributed by atoms with van der Waals surface area (Å²) < 4.78 is 11.4. The van der Waals surface area contributed by atoms with Crippen LogP contribution in [0.3, 0.4) is 0 Å². The Kier molecular flexibility index (Phi) is 9.64. The first-order chi connectivity index (χ1) is 13.4. The van der Waals surface area contributed by atoms with E-state index in [2.05, 4.69) is 40.7 Å². The van der Waals surface area contributed by atoms with Crippen molar-refractivity contribution in [3.63, 3.8) is 0 Å². The minimum atomic E-state index is -1.14. The Morgan fingerprint density at radius 2 is 1.93 bits per heavy atom. The van der Waals surface area contributed by atoms with Crippen molar-refractivity contribution >= 4 is 23.5 Å². The van der Waals surface area contributed by atoms with Gasteiger partial charge in [0.25, 0.3) is 0 Å². The molecule has 0 aromatic rings. The minimum absolute atomic E-state index is 0.0655. The summed E-state index contributed by atoms with van der Waals surface area (Å²) in [5, 5.41) is 20.2. The molecule has 0 saturated heterocycles. The number of alkyl halides is 1. The molecular weight excluding hydrogens is 396 g/mol. The van der Waals surface area contributed by atoms with Crippen LogP contribution in [-0.4, -0.2) is 53.0 Å². The van der Waals surface area contributed by atoms with E-state index in [1.54, 1.807) is 7.11 Å². The standard InChI is InChI=1S/C22H37ClO6/c1-14(2)7-8-15(3)21(4,5)20-19(28-6)16(11-12-22(20,27)13-23)29-18(26)10-9-17(24)25/h7,15-16,19-20,27H,8-13H2,1-6H3,(H,24,25)/t15-,16-,19-,20-,22+/m1/s1. The predicted octanol–water partition coefficient (Wildman–Crippen LogP) is 4.18. The topological polar surface area (TPSA) is 93.1 Å². The number of rotatable bonds is 10. The second-order valence-electron chi connectivity index (χ2n) is 9.12. The van der Waals surface area contributed by atoms with E-state index < -0.39 is 29.7 Å². The van der Waals surface area contributed by atoms with Crippen LogP contribution in [-0.2, 0) is 19.1 Å². The van der Waals surface area contributed by atoms with Gasteiger partial charge in [-0.2, -0.15) is 0 Å². The highest BCUT2D eigenvalue weighted by Crippen LogP contribution is 2.51. The number of carboxylic acid groups (broad SMARTS) is 1. The number of carbonyl (C=O) groups is 2. The first-order valence-corrected chi connectivity index (χ1v) is 10.8. The third-order valence-electron chi connectivity index (χ3n) is 6.42. The number of esters is 1. The Balaban J connectivity index is 3.14. The van der Waals surface area contributed by atoms with Gasteiger partial charge in [-0.25, -0.2) is 0 Å². The van der Waals surface area contributed by atoms with Crippen LogP contribution in [0.1, 0.15) is 66.7 Å². The molecule has 0 amide bonds. The molecule has 7 heteroatoms. The molecule has 168 valence electrons. The Morgan fingerprint density at radius 1 is 1.31 bits per heavy atom. The molecule has 1 aliphatic carbocycles. The molecule has 6 nitrogen and oxygen atoms in total. The van der Waals surface area contributed by atoms with Crippen molar-refractivity contribution in [1.82, 2.24) is 0 Å². The van der Waals surface area contributed by atoms with Crippen LogP contribution in [0.15, 0.2) is 11.6 Å². The largest absolute Gasteiger partial charge is 0.481 e. The molecule has 5 atom stereocenters. The summed E-state index contributed by atoms with van der Waals surface area (Å²) in [7, 11) is 1.55. The molecular formula is C22H37ClO6.